The molecule has 1 heterocycles. The van der Waals surface area contributed by atoms with Crippen LogP contribution in [0.25, 0.3) is 11.3 Å². The lowest BCUT2D eigenvalue weighted by Gasteiger charge is -2.02. The monoisotopic (exact) mass is 229 g/mol. The van der Waals surface area contributed by atoms with Gasteiger partial charge in [-0.05, 0) is 43.9 Å². The maximum absolute atomic E-state index is 4.73. The summed E-state index contributed by atoms with van der Waals surface area (Å²) < 4.78 is 0. The van der Waals surface area contributed by atoms with E-state index in [1.165, 1.54) is 34.5 Å². The average Bonchev–Trinajstić information content (AvgIpc) is 3.01. The molecular formula is C14H15NS. The van der Waals surface area contributed by atoms with E-state index in [-0.39, 0.29) is 0 Å². The van der Waals surface area contributed by atoms with Crippen LogP contribution >= 0.6 is 11.3 Å². The minimum absolute atomic E-state index is 0.769. The predicted octanol–water partition coefficient (Wildman–Crippen LogP) is 4.30. The van der Waals surface area contributed by atoms with Crippen molar-refractivity contribution in [2.45, 2.75) is 32.6 Å². The smallest absolute Gasteiger partial charge is 0.0963 e. The van der Waals surface area contributed by atoms with E-state index >= 15 is 0 Å². The highest BCUT2D eigenvalue weighted by Gasteiger charge is 2.26. The Balaban J connectivity index is 1.97. The Labute approximate surface area is 100 Å². The fourth-order valence-electron chi connectivity index (χ4n) is 1.84. The van der Waals surface area contributed by atoms with Crippen LogP contribution in [0.4, 0.5) is 0 Å². The first-order valence-electron chi connectivity index (χ1n) is 5.77. The second-order valence-corrected chi connectivity index (χ2v) is 5.53. The molecular weight excluding hydrogens is 214 g/mol. The third-order valence-corrected chi connectivity index (χ3v) is 4.26. The highest BCUT2D eigenvalue weighted by Crippen LogP contribution is 2.42. The second kappa shape index (κ2) is 3.70. The lowest BCUT2D eigenvalue weighted by molar-refractivity contribution is 1.08. The highest BCUT2D eigenvalue weighted by atomic mass is 32.1. The molecule has 2 heteroatoms. The van der Waals surface area contributed by atoms with Crippen LogP contribution in [0.15, 0.2) is 23.6 Å². The molecule has 0 spiro atoms. The van der Waals surface area contributed by atoms with Crippen molar-refractivity contribution in [1.29, 1.82) is 0 Å². The number of benzene rings is 1. The summed E-state index contributed by atoms with van der Waals surface area (Å²) in [6.07, 6.45) is 2.67. The Kier molecular flexibility index (Phi) is 2.32. The van der Waals surface area contributed by atoms with Gasteiger partial charge in [-0.1, -0.05) is 12.1 Å². The van der Waals surface area contributed by atoms with E-state index in [2.05, 4.69) is 37.4 Å². The molecule has 0 N–H and O–H groups in total. The Morgan fingerprint density at radius 3 is 2.69 bits per heavy atom. The summed E-state index contributed by atoms with van der Waals surface area (Å²) in [7, 11) is 0. The Hall–Kier alpha value is -1.15. The third kappa shape index (κ3) is 1.78. The second-order valence-electron chi connectivity index (χ2n) is 4.64. The largest absolute Gasteiger partial charge is 0.241 e. The molecule has 1 saturated carbocycles. The van der Waals surface area contributed by atoms with Crippen LogP contribution in [0.3, 0.4) is 0 Å². The predicted molar refractivity (Wildman–Crippen MR) is 69.0 cm³/mol. The number of hydrogen-bond donors (Lipinski definition) is 0. The lowest BCUT2D eigenvalue weighted by atomic mass is 10.1. The molecule has 1 aliphatic carbocycles. The van der Waals surface area contributed by atoms with Crippen molar-refractivity contribution in [3.05, 3.63) is 39.7 Å². The SMILES string of the molecule is Cc1ccc(-c2csc(C3CC3)n2)cc1C. The fraction of sp³-hybridized carbons (Fsp3) is 0.357. The number of thiazole rings is 1. The molecule has 2 aromatic rings. The molecule has 82 valence electrons. The van der Waals surface area contributed by atoms with Crippen molar-refractivity contribution in [2.75, 3.05) is 0 Å². The van der Waals surface area contributed by atoms with Crippen LogP contribution in [-0.2, 0) is 0 Å². The van der Waals surface area contributed by atoms with Gasteiger partial charge < -0.3 is 0 Å². The van der Waals surface area contributed by atoms with Crippen molar-refractivity contribution in [2.24, 2.45) is 0 Å². The van der Waals surface area contributed by atoms with E-state index in [9.17, 15) is 0 Å². The Morgan fingerprint density at radius 1 is 1.19 bits per heavy atom. The first kappa shape index (κ1) is 10.0. The minimum atomic E-state index is 0.769. The van der Waals surface area contributed by atoms with Gasteiger partial charge in [-0.15, -0.1) is 11.3 Å². The van der Waals surface area contributed by atoms with Gasteiger partial charge in [0.05, 0.1) is 10.7 Å². The molecule has 1 aliphatic rings. The fourth-order valence-corrected chi connectivity index (χ4v) is 2.84. The molecule has 0 saturated heterocycles. The molecule has 16 heavy (non-hydrogen) atoms. The first-order chi connectivity index (χ1) is 7.74. The lowest BCUT2D eigenvalue weighted by Crippen LogP contribution is -1.84. The number of nitrogens with zero attached hydrogens (tertiary/aromatic N) is 1. The van der Waals surface area contributed by atoms with Crippen molar-refractivity contribution < 1.29 is 0 Å². The van der Waals surface area contributed by atoms with Gasteiger partial charge in [0.1, 0.15) is 0 Å². The summed E-state index contributed by atoms with van der Waals surface area (Å²) in [5.41, 5.74) is 5.10. The van der Waals surface area contributed by atoms with Crippen LogP contribution < -0.4 is 0 Å². The topological polar surface area (TPSA) is 12.9 Å². The maximum atomic E-state index is 4.73. The van der Waals surface area contributed by atoms with Gasteiger partial charge in [-0.25, -0.2) is 4.98 Å². The van der Waals surface area contributed by atoms with Gasteiger partial charge in [0.25, 0.3) is 0 Å². The molecule has 0 amide bonds. The summed E-state index contributed by atoms with van der Waals surface area (Å²) in [5.74, 6) is 0.769. The molecule has 3 rings (SSSR count). The number of hydrogen-bond acceptors (Lipinski definition) is 2. The normalized spacial score (nSPS) is 15.4. The van der Waals surface area contributed by atoms with E-state index in [1.54, 1.807) is 0 Å². The molecule has 0 bridgehead atoms. The summed E-state index contributed by atoms with van der Waals surface area (Å²) in [4.78, 5) is 4.73. The van der Waals surface area contributed by atoms with Gasteiger partial charge in [0.2, 0.25) is 0 Å². The van der Waals surface area contributed by atoms with Crippen molar-refractivity contribution >= 4 is 11.3 Å². The molecule has 0 aliphatic heterocycles. The van der Waals surface area contributed by atoms with Crippen LogP contribution in [0, 0.1) is 13.8 Å². The molecule has 0 radical (unpaired) electrons. The van der Waals surface area contributed by atoms with Crippen molar-refractivity contribution in [3.8, 4) is 11.3 Å². The highest BCUT2D eigenvalue weighted by molar-refractivity contribution is 7.10. The van der Waals surface area contributed by atoms with E-state index in [1.807, 2.05) is 11.3 Å². The Morgan fingerprint density at radius 2 is 2.00 bits per heavy atom. The zero-order valence-electron chi connectivity index (χ0n) is 9.66. The van der Waals surface area contributed by atoms with Gasteiger partial charge in [-0.2, -0.15) is 0 Å². The minimum Gasteiger partial charge on any atom is -0.241 e. The zero-order valence-corrected chi connectivity index (χ0v) is 10.5. The quantitative estimate of drug-likeness (QED) is 0.748. The molecule has 1 nitrogen and oxygen atoms in total. The first-order valence-corrected chi connectivity index (χ1v) is 6.65. The van der Waals surface area contributed by atoms with E-state index in [0.717, 1.165) is 11.6 Å². The summed E-state index contributed by atoms with van der Waals surface area (Å²) in [5, 5.41) is 3.52. The van der Waals surface area contributed by atoms with E-state index in [4.69, 9.17) is 4.98 Å². The Bertz CT molecular complexity index is 523. The number of aryl methyl sites for hydroxylation is 2. The van der Waals surface area contributed by atoms with Crippen LogP contribution in [0.1, 0.15) is 34.9 Å². The number of aromatic nitrogens is 1. The van der Waals surface area contributed by atoms with E-state index in [0.29, 0.717) is 0 Å². The van der Waals surface area contributed by atoms with Crippen molar-refractivity contribution in [1.82, 2.24) is 4.98 Å². The van der Waals surface area contributed by atoms with Gasteiger partial charge in [0, 0.05) is 16.9 Å². The van der Waals surface area contributed by atoms with E-state index < -0.39 is 0 Å². The molecule has 1 aromatic carbocycles. The third-order valence-electron chi connectivity index (χ3n) is 3.25. The molecule has 0 unspecified atom stereocenters. The maximum Gasteiger partial charge on any atom is 0.0963 e. The number of rotatable bonds is 2. The zero-order chi connectivity index (χ0) is 11.1. The van der Waals surface area contributed by atoms with Crippen LogP contribution in [-0.4, -0.2) is 4.98 Å². The van der Waals surface area contributed by atoms with Crippen LogP contribution in [0.5, 0.6) is 0 Å². The summed E-state index contributed by atoms with van der Waals surface area (Å²) >= 11 is 1.81. The summed E-state index contributed by atoms with van der Waals surface area (Å²) in [6.45, 7) is 4.31. The van der Waals surface area contributed by atoms with Crippen LogP contribution in [0.2, 0.25) is 0 Å². The summed E-state index contributed by atoms with van der Waals surface area (Å²) in [6, 6.07) is 6.59. The van der Waals surface area contributed by atoms with Crippen molar-refractivity contribution in [3.63, 3.8) is 0 Å². The molecule has 0 atom stereocenters. The molecule has 1 aromatic heterocycles. The van der Waals surface area contributed by atoms with Gasteiger partial charge in [0.15, 0.2) is 0 Å². The standard InChI is InChI=1S/C14H15NS/c1-9-3-4-12(7-10(9)2)13-8-16-14(15-13)11-5-6-11/h3-4,7-8,11H,5-6H2,1-2H3. The van der Waals surface area contributed by atoms with Gasteiger partial charge >= 0.3 is 0 Å². The molecule has 1 fully saturated rings. The average molecular weight is 229 g/mol. The van der Waals surface area contributed by atoms with Gasteiger partial charge in [-0.3, -0.25) is 0 Å².